The predicted molar refractivity (Wildman–Crippen MR) is 90.8 cm³/mol. The van der Waals surface area contributed by atoms with E-state index < -0.39 is 15.1 Å². The first-order valence-corrected chi connectivity index (χ1v) is 9.64. The monoisotopic (exact) mass is 340 g/mol. The molecule has 0 aliphatic carbocycles. The molecule has 1 heterocycles. The Bertz CT molecular complexity index is 685. The van der Waals surface area contributed by atoms with Crippen molar-refractivity contribution in [3.05, 3.63) is 23.8 Å². The third-order valence-electron chi connectivity index (χ3n) is 3.83. The van der Waals surface area contributed by atoms with E-state index in [1.54, 1.807) is 11.0 Å². The van der Waals surface area contributed by atoms with E-state index in [2.05, 4.69) is 5.32 Å². The number of aryl methyl sites for hydroxylation is 1. The molecule has 0 radical (unpaired) electrons. The van der Waals surface area contributed by atoms with Crippen LogP contribution in [0.3, 0.4) is 0 Å². The summed E-state index contributed by atoms with van der Waals surface area (Å²) in [4.78, 5) is 13.8. The first-order chi connectivity index (χ1) is 10.7. The summed E-state index contributed by atoms with van der Waals surface area (Å²) in [6, 6.07) is 5.19. The number of sulfone groups is 1. The van der Waals surface area contributed by atoms with Crippen molar-refractivity contribution in [3.8, 4) is 5.75 Å². The number of likely N-dealkylation sites (tertiary alicyclic amines) is 1. The number of hydrogen-bond acceptors (Lipinski definition) is 4. The number of urea groups is 1. The molecule has 1 fully saturated rings. The first-order valence-electron chi connectivity index (χ1n) is 7.69. The van der Waals surface area contributed by atoms with Gasteiger partial charge in [-0.05, 0) is 51.0 Å². The van der Waals surface area contributed by atoms with Crippen LogP contribution in [0, 0.1) is 6.92 Å². The summed E-state index contributed by atoms with van der Waals surface area (Å²) in [5.41, 5.74) is 1.61. The Morgan fingerprint density at radius 1 is 1.39 bits per heavy atom. The Kier molecular flexibility index (Phi) is 5.19. The van der Waals surface area contributed by atoms with Crippen molar-refractivity contribution in [3.63, 3.8) is 0 Å². The lowest BCUT2D eigenvalue weighted by molar-refractivity contribution is 0.222. The average Bonchev–Trinajstić information content (AvgIpc) is 2.91. The number of benzene rings is 1. The molecule has 1 atom stereocenters. The minimum atomic E-state index is -3.10. The summed E-state index contributed by atoms with van der Waals surface area (Å²) in [5.74, 6) is 0.788. The summed E-state index contributed by atoms with van der Waals surface area (Å²) in [5, 5.41) is 2.35. The first kappa shape index (κ1) is 17.6. The van der Waals surface area contributed by atoms with Crippen LogP contribution in [0.4, 0.5) is 10.5 Å². The highest BCUT2D eigenvalue weighted by Crippen LogP contribution is 2.24. The van der Waals surface area contributed by atoms with E-state index in [0.29, 0.717) is 18.7 Å². The van der Waals surface area contributed by atoms with Crippen LogP contribution in [0.2, 0.25) is 0 Å². The molecule has 1 aromatic carbocycles. The molecule has 7 heteroatoms. The van der Waals surface area contributed by atoms with Crippen LogP contribution < -0.4 is 10.1 Å². The van der Waals surface area contributed by atoms with E-state index in [4.69, 9.17) is 4.74 Å². The van der Waals surface area contributed by atoms with Gasteiger partial charge in [-0.1, -0.05) is 0 Å². The molecule has 1 saturated heterocycles. The molecule has 0 spiro atoms. The molecule has 128 valence electrons. The largest absolute Gasteiger partial charge is 0.491 e. The third kappa shape index (κ3) is 4.60. The number of rotatable bonds is 4. The SMILES string of the molecule is Cc1cc(NC(=O)N2CCC(S(C)(=O)=O)C2)ccc1OC(C)C. The van der Waals surface area contributed by atoms with Crippen LogP contribution in [0.1, 0.15) is 25.8 Å². The molecule has 1 aliphatic rings. The van der Waals surface area contributed by atoms with Gasteiger partial charge in [-0.15, -0.1) is 0 Å². The highest BCUT2D eigenvalue weighted by atomic mass is 32.2. The van der Waals surface area contributed by atoms with Gasteiger partial charge < -0.3 is 15.0 Å². The van der Waals surface area contributed by atoms with E-state index in [1.807, 2.05) is 32.9 Å². The maximum atomic E-state index is 12.2. The second kappa shape index (κ2) is 6.78. The Morgan fingerprint density at radius 3 is 2.61 bits per heavy atom. The second-order valence-electron chi connectivity index (χ2n) is 6.26. The Labute approximate surface area is 137 Å². The normalized spacial score (nSPS) is 18.3. The van der Waals surface area contributed by atoms with E-state index in [0.717, 1.165) is 11.3 Å². The quantitative estimate of drug-likeness (QED) is 0.913. The molecule has 0 saturated carbocycles. The Morgan fingerprint density at radius 2 is 2.09 bits per heavy atom. The van der Waals surface area contributed by atoms with Crippen LogP contribution >= 0.6 is 0 Å². The number of carbonyl (C=O) groups excluding carboxylic acids is 1. The van der Waals surface area contributed by atoms with Crippen molar-refractivity contribution in [1.82, 2.24) is 4.90 Å². The number of hydrogen-bond donors (Lipinski definition) is 1. The lowest BCUT2D eigenvalue weighted by Gasteiger charge is -2.18. The molecule has 1 aliphatic heterocycles. The molecular formula is C16H24N2O4S. The molecule has 23 heavy (non-hydrogen) atoms. The predicted octanol–water partition coefficient (Wildman–Crippen LogP) is 2.43. The summed E-state index contributed by atoms with van der Waals surface area (Å²) in [6.45, 7) is 6.54. The van der Waals surface area contributed by atoms with Crippen molar-refractivity contribution in [1.29, 1.82) is 0 Å². The number of nitrogens with zero attached hydrogens (tertiary/aromatic N) is 1. The highest BCUT2D eigenvalue weighted by molar-refractivity contribution is 7.91. The van der Waals surface area contributed by atoms with Crippen molar-refractivity contribution in [2.45, 2.75) is 38.5 Å². The zero-order valence-electron chi connectivity index (χ0n) is 14.0. The number of nitrogens with one attached hydrogen (secondary N) is 1. The van der Waals surface area contributed by atoms with Crippen LogP contribution in [-0.2, 0) is 9.84 Å². The molecule has 1 unspecified atom stereocenters. The molecule has 0 bridgehead atoms. The average molecular weight is 340 g/mol. The zero-order chi connectivity index (χ0) is 17.2. The van der Waals surface area contributed by atoms with Crippen LogP contribution in [0.15, 0.2) is 18.2 Å². The maximum Gasteiger partial charge on any atom is 0.321 e. The topological polar surface area (TPSA) is 75.7 Å². The highest BCUT2D eigenvalue weighted by Gasteiger charge is 2.32. The lowest BCUT2D eigenvalue weighted by Crippen LogP contribution is -2.34. The van der Waals surface area contributed by atoms with Gasteiger partial charge in [0.2, 0.25) is 0 Å². The zero-order valence-corrected chi connectivity index (χ0v) is 14.8. The lowest BCUT2D eigenvalue weighted by atomic mass is 10.2. The van der Waals surface area contributed by atoms with Crippen LogP contribution in [-0.4, -0.2) is 50.0 Å². The van der Waals surface area contributed by atoms with E-state index in [1.165, 1.54) is 6.26 Å². The van der Waals surface area contributed by atoms with Crippen molar-refractivity contribution in [2.75, 3.05) is 24.7 Å². The molecule has 0 aromatic heterocycles. The molecule has 1 aromatic rings. The van der Waals surface area contributed by atoms with Gasteiger partial charge in [0.25, 0.3) is 0 Å². The van der Waals surface area contributed by atoms with Gasteiger partial charge in [0.1, 0.15) is 5.75 Å². The number of amides is 2. The van der Waals surface area contributed by atoms with Crippen LogP contribution in [0.5, 0.6) is 5.75 Å². The van der Waals surface area contributed by atoms with Gasteiger partial charge in [-0.2, -0.15) is 0 Å². The van der Waals surface area contributed by atoms with Crippen molar-refractivity contribution >= 4 is 21.6 Å². The van der Waals surface area contributed by atoms with E-state index in [9.17, 15) is 13.2 Å². The molecule has 2 amide bonds. The van der Waals surface area contributed by atoms with Gasteiger partial charge in [0.05, 0.1) is 11.4 Å². The number of carbonyl (C=O) groups is 1. The van der Waals surface area contributed by atoms with Gasteiger partial charge in [0, 0.05) is 25.0 Å². The smallest absolute Gasteiger partial charge is 0.321 e. The minimum absolute atomic E-state index is 0.0895. The van der Waals surface area contributed by atoms with E-state index in [-0.39, 0.29) is 18.7 Å². The maximum absolute atomic E-state index is 12.2. The van der Waals surface area contributed by atoms with Gasteiger partial charge >= 0.3 is 6.03 Å². The Hall–Kier alpha value is -1.76. The fourth-order valence-corrected chi connectivity index (χ4v) is 3.56. The molecular weight excluding hydrogens is 316 g/mol. The minimum Gasteiger partial charge on any atom is -0.491 e. The van der Waals surface area contributed by atoms with Crippen LogP contribution in [0.25, 0.3) is 0 Å². The molecule has 6 nitrogen and oxygen atoms in total. The fraction of sp³-hybridized carbons (Fsp3) is 0.562. The van der Waals surface area contributed by atoms with E-state index >= 15 is 0 Å². The number of ether oxygens (including phenoxy) is 1. The third-order valence-corrected chi connectivity index (χ3v) is 5.42. The van der Waals surface area contributed by atoms with Crippen molar-refractivity contribution < 1.29 is 17.9 Å². The fourth-order valence-electron chi connectivity index (χ4n) is 2.58. The summed E-state index contributed by atoms with van der Waals surface area (Å²) in [7, 11) is -3.10. The van der Waals surface area contributed by atoms with Gasteiger partial charge in [0.15, 0.2) is 9.84 Å². The molecule has 1 N–H and O–H groups in total. The van der Waals surface area contributed by atoms with Gasteiger partial charge in [-0.3, -0.25) is 0 Å². The second-order valence-corrected chi connectivity index (χ2v) is 8.59. The number of anilines is 1. The summed E-state index contributed by atoms with van der Waals surface area (Å²) < 4.78 is 28.8. The molecule has 2 rings (SSSR count). The standard InChI is InChI=1S/C16H24N2O4S/c1-11(2)22-15-6-5-13(9-12(15)3)17-16(19)18-8-7-14(10-18)23(4,20)21/h5-6,9,11,14H,7-8,10H2,1-4H3,(H,17,19). The summed E-state index contributed by atoms with van der Waals surface area (Å²) >= 11 is 0. The Balaban J connectivity index is 2.00. The van der Waals surface area contributed by atoms with Crippen molar-refractivity contribution in [2.24, 2.45) is 0 Å². The summed E-state index contributed by atoms with van der Waals surface area (Å²) in [6.07, 6.45) is 1.80. The van der Waals surface area contributed by atoms with Gasteiger partial charge in [-0.25, -0.2) is 13.2 Å².